The number of pyridine rings is 1. The molecule has 5 heteroatoms. The van der Waals surface area contributed by atoms with Crippen LogP contribution in [0.2, 0.25) is 0 Å². The van der Waals surface area contributed by atoms with Gasteiger partial charge >= 0.3 is 0 Å². The first-order valence-electron chi connectivity index (χ1n) is 5.02. The maximum Gasteiger partial charge on any atom is 0.251 e. The second kappa shape index (κ2) is 5.55. The van der Waals surface area contributed by atoms with E-state index >= 15 is 0 Å². The first-order chi connectivity index (χ1) is 7.52. The summed E-state index contributed by atoms with van der Waals surface area (Å²) in [6.45, 7) is 3.91. The van der Waals surface area contributed by atoms with Crippen molar-refractivity contribution in [1.82, 2.24) is 10.3 Å². The molecule has 0 aromatic carbocycles. The average molecular weight is 237 g/mol. The molecule has 1 atom stereocenters. The van der Waals surface area contributed by atoms with Gasteiger partial charge < -0.3 is 11.1 Å². The predicted octanol–water partition coefficient (Wildman–Crippen LogP) is 1.12. The average Bonchev–Trinajstić information content (AvgIpc) is 2.25. The lowest BCUT2D eigenvalue weighted by molar-refractivity contribution is 0.0940. The number of hydrogen-bond acceptors (Lipinski definition) is 3. The summed E-state index contributed by atoms with van der Waals surface area (Å²) in [6.07, 6.45) is 3.14. The fourth-order valence-corrected chi connectivity index (χ4v) is 1.63. The Kier molecular flexibility index (Phi) is 4.37. The normalized spacial score (nSPS) is 12.2. The Bertz CT molecular complexity index is 378. The number of carbonyl (C=O) groups excluding carboxylic acids is 1. The lowest BCUT2D eigenvalue weighted by Gasteiger charge is -2.20. The molecule has 1 unspecified atom stereocenters. The molecule has 3 N–H and O–H groups in total. The van der Waals surface area contributed by atoms with Crippen LogP contribution < -0.4 is 11.1 Å². The van der Waals surface area contributed by atoms with Crippen LogP contribution in [-0.2, 0) is 0 Å². The third kappa shape index (κ3) is 3.27. The maximum atomic E-state index is 11.8. The molecule has 1 heterocycles. The molecule has 0 radical (unpaired) electrons. The third-order valence-corrected chi connectivity index (χ3v) is 2.46. The number of rotatable bonds is 4. The second-order valence-electron chi connectivity index (χ2n) is 3.83. The van der Waals surface area contributed by atoms with Crippen LogP contribution in [0.1, 0.15) is 24.2 Å². The summed E-state index contributed by atoms with van der Waals surface area (Å²) in [4.78, 5) is 16.0. The van der Waals surface area contributed by atoms with Crippen LogP contribution in [0.3, 0.4) is 0 Å². The highest BCUT2D eigenvalue weighted by Gasteiger charge is 2.19. The number of nitrogens with two attached hydrogens (primary N) is 1. The zero-order valence-corrected chi connectivity index (χ0v) is 10.1. The van der Waals surface area contributed by atoms with Crippen molar-refractivity contribution in [1.29, 1.82) is 0 Å². The molecule has 4 nitrogen and oxygen atoms in total. The van der Waals surface area contributed by atoms with Crippen LogP contribution >= 0.6 is 12.2 Å². The first-order valence-corrected chi connectivity index (χ1v) is 5.43. The Hall–Kier alpha value is -1.49. The zero-order chi connectivity index (χ0) is 12.1. The van der Waals surface area contributed by atoms with Gasteiger partial charge in [-0.1, -0.05) is 26.1 Å². The van der Waals surface area contributed by atoms with Gasteiger partial charge in [-0.15, -0.1) is 0 Å². The van der Waals surface area contributed by atoms with E-state index in [0.29, 0.717) is 10.6 Å². The Morgan fingerprint density at radius 3 is 2.44 bits per heavy atom. The Morgan fingerprint density at radius 1 is 1.44 bits per heavy atom. The van der Waals surface area contributed by atoms with Gasteiger partial charge in [0.25, 0.3) is 5.91 Å². The Balaban J connectivity index is 2.74. The smallest absolute Gasteiger partial charge is 0.251 e. The van der Waals surface area contributed by atoms with E-state index in [-0.39, 0.29) is 17.9 Å². The van der Waals surface area contributed by atoms with Gasteiger partial charge in [0.15, 0.2) is 0 Å². The number of nitrogens with one attached hydrogen (secondary N) is 1. The van der Waals surface area contributed by atoms with E-state index in [4.69, 9.17) is 18.0 Å². The highest BCUT2D eigenvalue weighted by atomic mass is 32.1. The lowest BCUT2D eigenvalue weighted by atomic mass is 10.0. The van der Waals surface area contributed by atoms with Crippen LogP contribution in [0.4, 0.5) is 0 Å². The minimum atomic E-state index is -0.282. The summed E-state index contributed by atoms with van der Waals surface area (Å²) in [5, 5.41) is 2.80. The maximum absolute atomic E-state index is 11.8. The molecule has 0 saturated carbocycles. The van der Waals surface area contributed by atoms with Crippen molar-refractivity contribution in [2.24, 2.45) is 11.7 Å². The lowest BCUT2D eigenvalue weighted by Crippen LogP contribution is -2.46. The summed E-state index contributed by atoms with van der Waals surface area (Å²) >= 11 is 4.91. The number of thiocarbonyl (C=S) groups is 1. The highest BCUT2D eigenvalue weighted by Crippen LogP contribution is 2.04. The van der Waals surface area contributed by atoms with Gasteiger partial charge in [0.1, 0.15) is 0 Å². The zero-order valence-electron chi connectivity index (χ0n) is 9.31. The number of nitrogens with zero attached hydrogens (tertiary/aromatic N) is 1. The van der Waals surface area contributed by atoms with Crippen molar-refractivity contribution < 1.29 is 4.79 Å². The molecule has 1 rings (SSSR count). The van der Waals surface area contributed by atoms with Crippen LogP contribution in [0.25, 0.3) is 0 Å². The van der Waals surface area contributed by atoms with E-state index in [1.54, 1.807) is 24.5 Å². The SMILES string of the molecule is CC(C)C(NC(=O)c1ccncc1)C(N)=S. The second-order valence-corrected chi connectivity index (χ2v) is 4.30. The van der Waals surface area contributed by atoms with Crippen molar-refractivity contribution in [3.63, 3.8) is 0 Å². The van der Waals surface area contributed by atoms with Gasteiger partial charge in [0, 0.05) is 18.0 Å². The molecular formula is C11H15N3OS. The fourth-order valence-electron chi connectivity index (χ4n) is 1.29. The van der Waals surface area contributed by atoms with E-state index < -0.39 is 0 Å². The minimum Gasteiger partial charge on any atom is -0.392 e. The molecule has 1 amide bonds. The van der Waals surface area contributed by atoms with Gasteiger partial charge in [-0.05, 0) is 18.1 Å². The molecule has 0 fully saturated rings. The minimum absolute atomic E-state index is 0.170. The number of amides is 1. The molecule has 1 aromatic rings. The monoisotopic (exact) mass is 237 g/mol. The van der Waals surface area contributed by atoms with E-state index in [0.717, 1.165) is 0 Å². The summed E-state index contributed by atoms with van der Waals surface area (Å²) in [5.74, 6) is -0.0165. The first kappa shape index (κ1) is 12.6. The molecule has 0 bridgehead atoms. The van der Waals surface area contributed by atoms with Gasteiger partial charge in [-0.3, -0.25) is 9.78 Å². The number of aromatic nitrogens is 1. The third-order valence-electron chi connectivity index (χ3n) is 2.20. The van der Waals surface area contributed by atoms with Crippen molar-refractivity contribution in [2.45, 2.75) is 19.9 Å². The highest BCUT2D eigenvalue weighted by molar-refractivity contribution is 7.80. The largest absolute Gasteiger partial charge is 0.392 e. The molecule has 86 valence electrons. The van der Waals surface area contributed by atoms with E-state index in [2.05, 4.69) is 10.3 Å². The van der Waals surface area contributed by atoms with Crippen molar-refractivity contribution in [3.05, 3.63) is 30.1 Å². The quantitative estimate of drug-likeness (QED) is 0.770. The predicted molar refractivity (Wildman–Crippen MR) is 67.1 cm³/mol. The molecule has 0 saturated heterocycles. The van der Waals surface area contributed by atoms with Crippen LogP contribution in [0, 0.1) is 5.92 Å². The molecule has 1 aromatic heterocycles. The molecule has 0 aliphatic heterocycles. The van der Waals surface area contributed by atoms with Gasteiger partial charge in [-0.2, -0.15) is 0 Å². The van der Waals surface area contributed by atoms with Gasteiger partial charge in [0.2, 0.25) is 0 Å². The fraction of sp³-hybridized carbons (Fsp3) is 0.364. The summed E-state index contributed by atoms with van der Waals surface area (Å²) in [7, 11) is 0. The van der Waals surface area contributed by atoms with Gasteiger partial charge in [-0.25, -0.2) is 0 Å². The van der Waals surface area contributed by atoms with Crippen LogP contribution in [0.15, 0.2) is 24.5 Å². The number of hydrogen-bond donors (Lipinski definition) is 2. The summed E-state index contributed by atoms with van der Waals surface area (Å²) < 4.78 is 0. The molecule has 0 spiro atoms. The summed E-state index contributed by atoms with van der Waals surface area (Å²) in [6, 6.07) is 3.01. The van der Waals surface area contributed by atoms with Crippen molar-refractivity contribution in [2.75, 3.05) is 0 Å². The Morgan fingerprint density at radius 2 is 2.00 bits per heavy atom. The van der Waals surface area contributed by atoms with E-state index in [1.165, 1.54) is 0 Å². The topological polar surface area (TPSA) is 68.0 Å². The molecular weight excluding hydrogens is 222 g/mol. The number of carbonyl (C=O) groups is 1. The van der Waals surface area contributed by atoms with Crippen molar-refractivity contribution in [3.8, 4) is 0 Å². The standard InChI is InChI=1S/C11H15N3OS/c1-7(2)9(10(12)16)14-11(15)8-3-5-13-6-4-8/h3-7,9H,1-2H3,(H2,12,16)(H,14,15). The van der Waals surface area contributed by atoms with E-state index in [9.17, 15) is 4.79 Å². The van der Waals surface area contributed by atoms with E-state index in [1.807, 2.05) is 13.8 Å². The Labute approximate surface area is 100 Å². The van der Waals surface area contributed by atoms with Crippen LogP contribution in [-0.4, -0.2) is 21.9 Å². The van der Waals surface area contributed by atoms with Crippen molar-refractivity contribution >= 4 is 23.1 Å². The molecule has 16 heavy (non-hydrogen) atoms. The molecule has 0 aliphatic carbocycles. The van der Waals surface area contributed by atoms with Gasteiger partial charge in [0.05, 0.1) is 11.0 Å². The van der Waals surface area contributed by atoms with Crippen LogP contribution in [0.5, 0.6) is 0 Å². The molecule has 0 aliphatic rings. The summed E-state index contributed by atoms with van der Waals surface area (Å²) in [5.41, 5.74) is 6.12.